The number of aromatic amines is 1. The number of carbonyl (C=O) groups is 3. The van der Waals surface area contributed by atoms with E-state index in [1.54, 1.807) is 43.5 Å². The highest BCUT2D eigenvalue weighted by Crippen LogP contribution is 2.38. The second-order valence-corrected chi connectivity index (χ2v) is 15.6. The lowest BCUT2D eigenvalue weighted by Crippen LogP contribution is -2.52. The molecule has 0 radical (unpaired) electrons. The van der Waals surface area contributed by atoms with Crippen molar-refractivity contribution in [3.63, 3.8) is 0 Å². The van der Waals surface area contributed by atoms with Crippen molar-refractivity contribution in [2.75, 3.05) is 45.3 Å². The van der Waals surface area contributed by atoms with Crippen molar-refractivity contribution in [3.05, 3.63) is 111 Å². The van der Waals surface area contributed by atoms with Crippen LogP contribution in [0.3, 0.4) is 0 Å². The monoisotopic (exact) mass is 871 g/mol. The van der Waals surface area contributed by atoms with Crippen LogP contribution in [-0.4, -0.2) is 81.0 Å². The molecule has 1 unspecified atom stereocenters. The fraction of sp³-hybridized carbons (Fsp3) is 0.395. The summed E-state index contributed by atoms with van der Waals surface area (Å²) in [4.78, 5) is 45.6. The van der Waals surface area contributed by atoms with Crippen molar-refractivity contribution in [2.24, 2.45) is 11.8 Å². The number of halogens is 4. The van der Waals surface area contributed by atoms with Crippen LogP contribution in [0.1, 0.15) is 64.9 Å². The van der Waals surface area contributed by atoms with Crippen molar-refractivity contribution >= 4 is 46.8 Å². The molecule has 3 atom stereocenters. The van der Waals surface area contributed by atoms with E-state index in [1.165, 1.54) is 42.7 Å². The molecular weight excluding hydrogens is 827 g/mol. The number of rotatable bonds is 18. The first-order chi connectivity index (χ1) is 28.5. The van der Waals surface area contributed by atoms with Gasteiger partial charge in [-0.25, -0.2) is 19.4 Å². The Balaban J connectivity index is 0.00000604. The van der Waals surface area contributed by atoms with Crippen molar-refractivity contribution < 1.29 is 62.0 Å². The van der Waals surface area contributed by atoms with Gasteiger partial charge < -0.3 is 39.2 Å². The van der Waals surface area contributed by atoms with Crippen LogP contribution in [0.2, 0.25) is 10.0 Å². The molecule has 3 N–H and O–H groups in total. The minimum Gasteiger partial charge on any atom is -0.870 e. The number of fused-ring (bicyclic) bond motifs is 3. The smallest absolute Gasteiger partial charge is 0.387 e. The lowest BCUT2D eigenvalue weighted by Gasteiger charge is -2.44. The van der Waals surface area contributed by atoms with E-state index in [2.05, 4.69) is 19.9 Å². The summed E-state index contributed by atoms with van der Waals surface area (Å²) in [5, 5.41) is 3.76. The molecule has 3 saturated heterocycles. The molecule has 1 aromatic heterocycles. The number of esters is 3. The van der Waals surface area contributed by atoms with Gasteiger partial charge in [-0.3, -0.25) is 4.90 Å². The highest BCUT2D eigenvalue weighted by molar-refractivity contribution is 6.35. The Kier molecular flexibility index (Phi) is 15.0. The SMILES string of the molecule is COc1ccc(C(Nc2cccc(C(=O)OCC(=O)O[C@@H](Cc3c(Cl)c[nH+]cc3Cl)c3ccc(OC(F)F)c(OCC4CC4)c3)c2)C(=O)O[C@H]2CN3CCC2CC3)cc1.[OH-]. The summed E-state index contributed by atoms with van der Waals surface area (Å²) >= 11 is 12.9. The minimum atomic E-state index is -3.09. The van der Waals surface area contributed by atoms with E-state index < -0.39 is 43.3 Å². The quantitative estimate of drug-likeness (QED) is 0.0774. The lowest BCUT2D eigenvalue weighted by atomic mass is 9.86. The van der Waals surface area contributed by atoms with E-state index >= 15 is 0 Å². The van der Waals surface area contributed by atoms with Gasteiger partial charge in [0.25, 0.3) is 0 Å². The molecule has 8 rings (SSSR count). The molecule has 13 nitrogen and oxygen atoms in total. The number of nitrogens with one attached hydrogen (secondary N) is 2. The summed E-state index contributed by atoms with van der Waals surface area (Å²) in [5.41, 5.74) is 1.98. The predicted octanol–water partition coefficient (Wildman–Crippen LogP) is 7.50. The molecule has 0 spiro atoms. The van der Waals surface area contributed by atoms with E-state index in [9.17, 15) is 23.2 Å². The van der Waals surface area contributed by atoms with E-state index in [0.29, 0.717) is 53.1 Å². The summed E-state index contributed by atoms with van der Waals surface area (Å²) in [6, 6.07) is 16.7. The Labute approximate surface area is 355 Å². The number of pyridine rings is 1. The average molecular weight is 873 g/mol. The van der Waals surface area contributed by atoms with Gasteiger partial charge in [-0.2, -0.15) is 8.78 Å². The van der Waals surface area contributed by atoms with Crippen LogP contribution < -0.4 is 24.5 Å². The molecule has 1 aliphatic carbocycles. The molecule has 2 bridgehead atoms. The van der Waals surface area contributed by atoms with Gasteiger partial charge in [-0.05, 0) is 104 Å². The Hall–Kier alpha value is -5.22. The standard InChI is InChI=1S/C43H43Cl2F2N3O9.H2O/c1-54-31-10-7-27(8-11-31)40(42(53)58-38-22-50-15-13-26(38)14-16-50)49-30-4-2-3-29(17-30)41(52)56-24-39(51)57-36(19-32-33(44)20-48-21-34(32)45)28-9-12-35(59-43(46)47)37(18-28)55-23-25-5-6-25;/h2-4,7-12,17-18,20-21,25-26,36,38,40,43,49H,5-6,13-16,19,22-24H2,1H3;1H2/t36-,38-,40?;/m0./s1. The third kappa shape index (κ3) is 11.5. The van der Waals surface area contributed by atoms with Gasteiger partial charge in [0.15, 0.2) is 36.5 Å². The number of aromatic nitrogens is 1. The molecule has 320 valence electrons. The number of hydrogen-bond donors (Lipinski definition) is 1. The Morgan fingerprint density at radius 3 is 2.28 bits per heavy atom. The van der Waals surface area contributed by atoms with Gasteiger partial charge in [0, 0.05) is 24.2 Å². The van der Waals surface area contributed by atoms with E-state index in [0.717, 1.165) is 38.8 Å². The Morgan fingerprint density at radius 1 is 0.917 bits per heavy atom. The molecule has 17 heteroatoms. The number of nitrogens with zero attached hydrogens (tertiary/aromatic N) is 1. The predicted molar refractivity (Wildman–Crippen MR) is 214 cm³/mol. The molecule has 4 aromatic rings. The highest BCUT2D eigenvalue weighted by atomic mass is 35.5. The Bertz CT molecular complexity index is 2100. The Morgan fingerprint density at radius 2 is 1.63 bits per heavy atom. The van der Waals surface area contributed by atoms with Crippen LogP contribution in [0, 0.1) is 11.8 Å². The molecule has 3 aromatic carbocycles. The fourth-order valence-corrected chi connectivity index (χ4v) is 7.78. The second-order valence-electron chi connectivity index (χ2n) is 14.8. The number of H-pyrrole nitrogens is 1. The number of benzene rings is 3. The zero-order chi connectivity index (χ0) is 41.5. The van der Waals surface area contributed by atoms with Crippen molar-refractivity contribution in [1.29, 1.82) is 0 Å². The van der Waals surface area contributed by atoms with Crippen molar-refractivity contribution in [3.8, 4) is 17.2 Å². The number of alkyl halides is 2. The van der Waals surface area contributed by atoms with Gasteiger partial charge in [-0.15, -0.1) is 0 Å². The number of anilines is 1. The molecule has 4 heterocycles. The topological polar surface area (TPSA) is 166 Å². The third-order valence-electron chi connectivity index (χ3n) is 10.7. The molecule has 1 saturated carbocycles. The normalized spacial score (nSPS) is 19.0. The average Bonchev–Trinajstić information content (AvgIpc) is 4.08. The molecule has 4 aliphatic rings. The number of ether oxygens (including phenoxy) is 6. The van der Waals surface area contributed by atoms with Gasteiger partial charge in [0.1, 0.15) is 28.0 Å². The summed E-state index contributed by atoms with van der Waals surface area (Å²) in [6.07, 6.45) is 5.61. The lowest BCUT2D eigenvalue weighted by molar-refractivity contribution is -0.377. The summed E-state index contributed by atoms with van der Waals surface area (Å²) in [5.74, 6) is -1.07. The molecule has 3 aliphatic heterocycles. The number of carbonyl (C=O) groups excluding carboxylic acids is 3. The second kappa shape index (κ2) is 20.4. The maximum absolute atomic E-state index is 13.8. The fourth-order valence-electron chi connectivity index (χ4n) is 7.25. The molecule has 0 amide bonds. The zero-order valence-corrected chi connectivity index (χ0v) is 34.1. The largest absolute Gasteiger partial charge is 0.870 e. The van der Waals surface area contributed by atoms with Crippen LogP contribution >= 0.6 is 23.2 Å². The summed E-state index contributed by atoms with van der Waals surface area (Å²) in [7, 11) is 1.56. The van der Waals surface area contributed by atoms with Gasteiger partial charge >= 0.3 is 24.5 Å². The maximum atomic E-state index is 13.8. The first-order valence-electron chi connectivity index (χ1n) is 19.4. The first-order valence-corrected chi connectivity index (χ1v) is 20.1. The zero-order valence-electron chi connectivity index (χ0n) is 32.6. The highest BCUT2D eigenvalue weighted by Gasteiger charge is 2.38. The van der Waals surface area contributed by atoms with Crippen molar-refractivity contribution in [2.45, 2.75) is 57.0 Å². The summed E-state index contributed by atoms with van der Waals surface area (Å²) in [6.45, 7) is -0.854. The first kappa shape index (κ1) is 44.3. The van der Waals surface area contributed by atoms with E-state index in [4.69, 9.17) is 46.9 Å². The number of piperidine rings is 3. The third-order valence-corrected chi connectivity index (χ3v) is 11.3. The van der Waals surface area contributed by atoms with Crippen LogP contribution in [0.15, 0.2) is 79.1 Å². The van der Waals surface area contributed by atoms with Crippen LogP contribution in [0.25, 0.3) is 0 Å². The van der Waals surface area contributed by atoms with Crippen LogP contribution in [-0.2, 0) is 30.2 Å². The maximum Gasteiger partial charge on any atom is 0.387 e. The summed E-state index contributed by atoms with van der Waals surface area (Å²) < 4.78 is 59.7. The van der Waals surface area contributed by atoms with Crippen LogP contribution in [0.5, 0.6) is 17.2 Å². The minimum absolute atomic E-state index is 0. The van der Waals surface area contributed by atoms with Gasteiger partial charge in [0.2, 0.25) is 0 Å². The van der Waals surface area contributed by atoms with E-state index in [-0.39, 0.29) is 45.1 Å². The number of hydrogen-bond acceptors (Lipinski definition) is 12. The molecule has 60 heavy (non-hydrogen) atoms. The van der Waals surface area contributed by atoms with E-state index in [1.807, 2.05) is 0 Å². The molecular formula is C43H45Cl2F2N3O10. The van der Waals surface area contributed by atoms with Gasteiger partial charge in [-0.1, -0.05) is 47.5 Å². The van der Waals surface area contributed by atoms with Gasteiger partial charge in [0.05, 0.1) is 19.3 Å². The van der Waals surface area contributed by atoms with Crippen molar-refractivity contribution in [1.82, 2.24) is 4.90 Å². The number of methoxy groups -OCH3 is 1. The molecule has 4 fully saturated rings. The van der Waals surface area contributed by atoms with Crippen LogP contribution in [0.4, 0.5) is 14.5 Å².